The Morgan fingerprint density at radius 2 is 2.00 bits per heavy atom. The van der Waals surface area contributed by atoms with Gasteiger partial charge in [-0.15, -0.1) is 10.2 Å². The molecule has 0 amide bonds. The molecule has 2 N–H and O–H groups in total. The molecule has 0 saturated carbocycles. The summed E-state index contributed by atoms with van der Waals surface area (Å²) >= 11 is 2.91. The first-order valence-electron chi connectivity index (χ1n) is 9.95. The van der Waals surface area contributed by atoms with Crippen LogP contribution < -0.4 is 10.6 Å². The number of Topliss-reactive ketones (excluding diaryl/α,β-unsaturated/α-hetero) is 1. The van der Waals surface area contributed by atoms with E-state index in [2.05, 4.69) is 16.3 Å². The molecule has 1 atom stereocenters. The number of rotatable bonds is 3. The van der Waals surface area contributed by atoms with Crippen LogP contribution in [0.25, 0.3) is 10.8 Å². The highest BCUT2D eigenvalue weighted by Crippen LogP contribution is 2.48. The van der Waals surface area contributed by atoms with Crippen LogP contribution in [0, 0.1) is 11.3 Å². The Hall–Kier alpha value is -3.15. The van der Waals surface area contributed by atoms with Crippen LogP contribution in [0.4, 0.5) is 5.13 Å². The van der Waals surface area contributed by atoms with Gasteiger partial charge in [0.05, 0.1) is 17.6 Å². The predicted molar refractivity (Wildman–Crippen MR) is 124 cm³/mol. The van der Waals surface area contributed by atoms with Gasteiger partial charge in [-0.3, -0.25) is 9.69 Å². The molecule has 3 aromatic rings. The Balaban J connectivity index is 1.78. The number of nitrogens with two attached hydrogens (primary N) is 1. The fourth-order valence-electron chi connectivity index (χ4n) is 4.49. The molecule has 0 spiro atoms. The second kappa shape index (κ2) is 7.84. The molecule has 154 valence electrons. The Kier molecular flexibility index (Phi) is 5.00. The van der Waals surface area contributed by atoms with Gasteiger partial charge in [0.25, 0.3) is 0 Å². The Morgan fingerprint density at radius 3 is 2.77 bits per heavy atom. The lowest BCUT2D eigenvalue weighted by Crippen LogP contribution is -2.38. The van der Waals surface area contributed by atoms with Gasteiger partial charge in [0, 0.05) is 17.7 Å². The zero-order valence-corrected chi connectivity index (χ0v) is 18.5. The summed E-state index contributed by atoms with van der Waals surface area (Å²) in [6.07, 6.45) is 3.86. The molecule has 0 saturated heterocycles. The highest BCUT2D eigenvalue weighted by Gasteiger charge is 2.41. The zero-order chi connectivity index (χ0) is 21.5. The lowest BCUT2D eigenvalue weighted by Gasteiger charge is -2.38. The standard InChI is InChI=1S/C23H19N5OS2/c1-30-23-27-26-22(31-23)28-17-10-5-11-18(29)20(17)19(16(12-24)21(28)25)15-9-4-7-13-6-2-3-8-14(13)15/h2-4,6-9,19H,5,10-11,25H2,1H3. The van der Waals surface area contributed by atoms with E-state index in [9.17, 15) is 10.1 Å². The van der Waals surface area contributed by atoms with Crippen LogP contribution >= 0.6 is 23.1 Å². The van der Waals surface area contributed by atoms with Crippen molar-refractivity contribution in [1.29, 1.82) is 5.26 Å². The third kappa shape index (κ3) is 3.12. The van der Waals surface area contributed by atoms with Crippen molar-refractivity contribution in [3.8, 4) is 6.07 Å². The van der Waals surface area contributed by atoms with Gasteiger partial charge in [0.2, 0.25) is 5.13 Å². The summed E-state index contributed by atoms with van der Waals surface area (Å²) in [5, 5.41) is 21.3. The van der Waals surface area contributed by atoms with Crippen molar-refractivity contribution in [3.05, 3.63) is 70.7 Å². The second-order valence-corrected chi connectivity index (χ2v) is 9.45. The molecule has 31 heavy (non-hydrogen) atoms. The molecule has 1 aliphatic carbocycles. The van der Waals surface area contributed by atoms with Crippen LogP contribution in [0.3, 0.4) is 0 Å². The molecule has 5 rings (SSSR count). The van der Waals surface area contributed by atoms with Crippen LogP contribution in [0.2, 0.25) is 0 Å². The Labute approximate surface area is 188 Å². The first-order valence-corrected chi connectivity index (χ1v) is 12.0. The van der Waals surface area contributed by atoms with Crippen molar-refractivity contribution in [2.75, 3.05) is 11.2 Å². The van der Waals surface area contributed by atoms with E-state index in [1.807, 2.05) is 48.7 Å². The van der Waals surface area contributed by atoms with E-state index in [1.54, 1.807) is 4.90 Å². The van der Waals surface area contributed by atoms with Crippen LogP contribution in [0.5, 0.6) is 0 Å². The number of hydrogen-bond acceptors (Lipinski definition) is 8. The molecule has 1 unspecified atom stereocenters. The third-order valence-corrected chi connectivity index (χ3v) is 7.69. The lowest BCUT2D eigenvalue weighted by atomic mass is 9.74. The van der Waals surface area contributed by atoms with Gasteiger partial charge in [-0.05, 0) is 35.4 Å². The number of anilines is 1. The topological polar surface area (TPSA) is 95.9 Å². The van der Waals surface area contributed by atoms with E-state index >= 15 is 0 Å². The molecule has 8 heteroatoms. The van der Waals surface area contributed by atoms with Gasteiger partial charge in [0.15, 0.2) is 10.1 Å². The van der Waals surface area contributed by atoms with Gasteiger partial charge in [-0.2, -0.15) is 5.26 Å². The van der Waals surface area contributed by atoms with E-state index in [0.717, 1.165) is 32.8 Å². The average Bonchev–Trinajstić information content (AvgIpc) is 3.27. The molecule has 1 aliphatic heterocycles. The van der Waals surface area contributed by atoms with E-state index in [-0.39, 0.29) is 5.78 Å². The summed E-state index contributed by atoms with van der Waals surface area (Å²) < 4.78 is 0.807. The van der Waals surface area contributed by atoms with Crippen molar-refractivity contribution in [2.45, 2.75) is 29.5 Å². The van der Waals surface area contributed by atoms with E-state index in [1.165, 1.54) is 23.1 Å². The summed E-state index contributed by atoms with van der Waals surface area (Å²) in [5.41, 5.74) is 9.43. The van der Waals surface area contributed by atoms with Gasteiger partial charge < -0.3 is 5.73 Å². The highest BCUT2D eigenvalue weighted by atomic mass is 32.2. The lowest BCUT2D eigenvalue weighted by molar-refractivity contribution is -0.116. The molecule has 0 bridgehead atoms. The summed E-state index contributed by atoms with van der Waals surface area (Å²) in [5.74, 6) is -0.0835. The van der Waals surface area contributed by atoms with Gasteiger partial charge in [-0.25, -0.2) is 0 Å². The molecular formula is C23H19N5OS2. The van der Waals surface area contributed by atoms with Crippen molar-refractivity contribution in [3.63, 3.8) is 0 Å². The van der Waals surface area contributed by atoms with Crippen LogP contribution in [0.15, 0.2) is 69.5 Å². The average molecular weight is 446 g/mol. The first-order chi connectivity index (χ1) is 15.1. The van der Waals surface area contributed by atoms with Crippen molar-refractivity contribution >= 4 is 44.8 Å². The molecule has 2 aliphatic rings. The fraction of sp³-hybridized carbons (Fsp3) is 0.217. The Morgan fingerprint density at radius 1 is 1.19 bits per heavy atom. The quantitative estimate of drug-likeness (QED) is 0.583. The zero-order valence-electron chi connectivity index (χ0n) is 16.8. The monoisotopic (exact) mass is 445 g/mol. The van der Waals surface area contributed by atoms with Crippen molar-refractivity contribution in [1.82, 2.24) is 10.2 Å². The number of fused-ring (bicyclic) bond motifs is 1. The van der Waals surface area contributed by atoms with Gasteiger partial charge in [0.1, 0.15) is 5.82 Å². The number of thioether (sulfide) groups is 1. The van der Waals surface area contributed by atoms with E-state index in [0.29, 0.717) is 34.9 Å². The van der Waals surface area contributed by atoms with Crippen molar-refractivity contribution < 1.29 is 4.79 Å². The predicted octanol–water partition coefficient (Wildman–Crippen LogP) is 4.72. The molecule has 0 radical (unpaired) electrons. The van der Waals surface area contributed by atoms with E-state index < -0.39 is 5.92 Å². The van der Waals surface area contributed by atoms with Crippen LogP contribution in [-0.4, -0.2) is 22.2 Å². The summed E-state index contributed by atoms with van der Waals surface area (Å²) in [6.45, 7) is 0. The molecule has 1 aromatic heterocycles. The smallest absolute Gasteiger partial charge is 0.219 e. The summed E-state index contributed by atoms with van der Waals surface area (Å²) in [7, 11) is 0. The maximum atomic E-state index is 13.3. The van der Waals surface area contributed by atoms with Crippen LogP contribution in [-0.2, 0) is 4.79 Å². The maximum absolute atomic E-state index is 13.3. The highest BCUT2D eigenvalue weighted by molar-refractivity contribution is 8.00. The molecule has 2 heterocycles. The summed E-state index contributed by atoms with van der Waals surface area (Å²) in [4.78, 5) is 15.0. The molecule has 2 aromatic carbocycles. The molecular weight excluding hydrogens is 426 g/mol. The minimum Gasteiger partial charge on any atom is -0.384 e. The summed E-state index contributed by atoms with van der Waals surface area (Å²) in [6, 6.07) is 16.4. The molecule has 6 nitrogen and oxygen atoms in total. The number of carbonyl (C=O) groups is 1. The SMILES string of the molecule is CSc1nnc(N2C(N)=C(C#N)C(c3cccc4ccccc34)C3=C2CCCC3=O)s1. The number of benzene rings is 2. The Bertz CT molecular complexity index is 1310. The number of allylic oxidation sites excluding steroid dienone is 3. The fourth-order valence-corrected chi connectivity index (χ4v) is 5.79. The second-order valence-electron chi connectivity index (χ2n) is 7.44. The minimum atomic E-state index is -0.483. The molecule has 0 fully saturated rings. The maximum Gasteiger partial charge on any atom is 0.219 e. The number of carbonyl (C=O) groups excluding carboxylic acids is 1. The number of aromatic nitrogens is 2. The van der Waals surface area contributed by atoms with Crippen LogP contribution in [0.1, 0.15) is 30.7 Å². The van der Waals surface area contributed by atoms with Gasteiger partial charge in [-0.1, -0.05) is 65.6 Å². The largest absolute Gasteiger partial charge is 0.384 e. The number of nitrogens with zero attached hydrogens (tertiary/aromatic N) is 4. The number of hydrogen-bond donors (Lipinski definition) is 1. The van der Waals surface area contributed by atoms with E-state index in [4.69, 9.17) is 5.73 Å². The number of ketones is 1. The number of nitriles is 1. The normalized spacial score (nSPS) is 19.0. The third-order valence-electron chi connectivity index (χ3n) is 5.81. The van der Waals surface area contributed by atoms with Crippen molar-refractivity contribution in [2.24, 2.45) is 5.73 Å². The first kappa shape index (κ1) is 19.8. The minimum absolute atomic E-state index is 0.0686. The van der Waals surface area contributed by atoms with Gasteiger partial charge >= 0.3 is 0 Å².